The van der Waals surface area contributed by atoms with Crippen LogP contribution in [-0.2, 0) is 17.8 Å². The van der Waals surface area contributed by atoms with Gasteiger partial charge in [-0.25, -0.2) is 4.98 Å². The molecule has 0 saturated carbocycles. The van der Waals surface area contributed by atoms with E-state index < -0.39 is 6.04 Å². The van der Waals surface area contributed by atoms with Gasteiger partial charge in [0.1, 0.15) is 17.5 Å². The molecule has 0 radical (unpaired) electrons. The van der Waals surface area contributed by atoms with Gasteiger partial charge >= 0.3 is 0 Å². The number of carbonyl (C=O) groups is 2. The number of rotatable bonds is 11. The summed E-state index contributed by atoms with van der Waals surface area (Å²) in [4.78, 5) is 34.2. The molecule has 2 aromatic carbocycles. The first kappa shape index (κ1) is 28.2. The number of thiazole rings is 1. The lowest BCUT2D eigenvalue weighted by Gasteiger charge is -2.31. The van der Waals surface area contributed by atoms with Gasteiger partial charge in [0.05, 0.1) is 44.7 Å². The molecular weight excluding hydrogens is 518 g/mol. The number of methoxy groups -OCH3 is 3. The van der Waals surface area contributed by atoms with Crippen molar-refractivity contribution in [3.63, 3.8) is 0 Å². The Morgan fingerprint density at radius 3 is 2.56 bits per heavy atom. The Hall–Kier alpha value is -3.79. The van der Waals surface area contributed by atoms with Crippen molar-refractivity contribution in [1.29, 1.82) is 0 Å². The van der Waals surface area contributed by atoms with Gasteiger partial charge in [-0.3, -0.25) is 9.59 Å². The van der Waals surface area contributed by atoms with Crippen molar-refractivity contribution in [2.24, 2.45) is 0 Å². The summed E-state index contributed by atoms with van der Waals surface area (Å²) in [5.74, 6) is 1.65. The van der Waals surface area contributed by atoms with Crippen LogP contribution in [0.15, 0.2) is 41.9 Å². The van der Waals surface area contributed by atoms with Gasteiger partial charge in [0.2, 0.25) is 5.91 Å². The third-order valence-electron chi connectivity index (χ3n) is 6.79. The van der Waals surface area contributed by atoms with Crippen molar-refractivity contribution in [2.75, 3.05) is 34.5 Å². The summed E-state index contributed by atoms with van der Waals surface area (Å²) >= 11 is 1.62. The first-order valence-corrected chi connectivity index (χ1v) is 13.8. The van der Waals surface area contributed by atoms with Crippen LogP contribution in [0, 0.1) is 6.92 Å². The third kappa shape index (κ3) is 6.81. The molecule has 0 unspecified atom stereocenters. The molecule has 1 saturated heterocycles. The second-order valence-corrected chi connectivity index (χ2v) is 10.2. The maximum atomic E-state index is 14.0. The van der Waals surface area contributed by atoms with Crippen molar-refractivity contribution in [3.05, 3.63) is 63.6 Å². The van der Waals surface area contributed by atoms with E-state index in [9.17, 15) is 9.59 Å². The summed E-state index contributed by atoms with van der Waals surface area (Å²) in [5.41, 5.74) is 4.00. The summed E-state index contributed by atoms with van der Waals surface area (Å²) < 4.78 is 22.5. The van der Waals surface area contributed by atoms with Gasteiger partial charge in [-0.1, -0.05) is 6.07 Å². The molecule has 1 N–H and O–H groups in total. The lowest BCUT2D eigenvalue weighted by molar-refractivity contribution is -0.125. The highest BCUT2D eigenvalue weighted by atomic mass is 32.1. The van der Waals surface area contributed by atoms with Crippen LogP contribution in [0.3, 0.4) is 0 Å². The molecule has 10 heteroatoms. The number of aromatic nitrogens is 1. The number of carbonyl (C=O) groups excluding carboxylic acids is 2. The standard InChI is InChI=1S/C29H35N3O6S/c1-19-27(39-18-31-19)12-14-38-25-10-8-20(15-26(25)37-4)17-32(23-7-5-6-13-30-28(23)33)29(34)22-16-21(35-2)9-11-24(22)36-3/h8-11,15-16,18,23H,5-7,12-14,17H2,1-4H3,(H,30,33)/t23-/m0/s1. The van der Waals surface area contributed by atoms with Gasteiger partial charge in [0.15, 0.2) is 11.5 Å². The van der Waals surface area contributed by atoms with Gasteiger partial charge in [-0.15, -0.1) is 11.3 Å². The average Bonchev–Trinajstić information content (AvgIpc) is 3.25. The second-order valence-electron chi connectivity index (χ2n) is 9.25. The van der Waals surface area contributed by atoms with E-state index in [1.54, 1.807) is 48.7 Å². The quantitative estimate of drug-likeness (QED) is 0.376. The predicted molar refractivity (Wildman–Crippen MR) is 149 cm³/mol. The van der Waals surface area contributed by atoms with E-state index in [1.165, 1.54) is 12.0 Å². The molecule has 1 atom stereocenters. The molecule has 0 bridgehead atoms. The monoisotopic (exact) mass is 553 g/mol. The SMILES string of the molecule is COc1ccc(OC)c(C(=O)N(Cc2ccc(OCCc3scnc3C)c(OC)c2)[C@H]2CCCCNC2=O)c1. The summed E-state index contributed by atoms with van der Waals surface area (Å²) in [6.45, 7) is 3.28. The zero-order valence-corrected chi connectivity index (χ0v) is 23.6. The van der Waals surface area contributed by atoms with E-state index in [0.717, 1.165) is 30.5 Å². The van der Waals surface area contributed by atoms with Crippen LogP contribution in [0.2, 0.25) is 0 Å². The lowest BCUT2D eigenvalue weighted by Crippen LogP contribution is -2.48. The highest BCUT2D eigenvalue weighted by Crippen LogP contribution is 2.31. The average molecular weight is 554 g/mol. The summed E-state index contributed by atoms with van der Waals surface area (Å²) in [6.07, 6.45) is 3.02. The second kappa shape index (κ2) is 13.3. The van der Waals surface area contributed by atoms with Crippen molar-refractivity contribution in [2.45, 2.75) is 45.2 Å². The van der Waals surface area contributed by atoms with Crippen LogP contribution in [0.4, 0.5) is 0 Å². The molecule has 4 rings (SSSR count). The number of ether oxygens (including phenoxy) is 4. The summed E-state index contributed by atoms with van der Waals surface area (Å²) in [6, 6.07) is 10.0. The van der Waals surface area contributed by atoms with E-state index in [1.807, 2.05) is 30.6 Å². The third-order valence-corrected chi connectivity index (χ3v) is 7.79. The smallest absolute Gasteiger partial charge is 0.258 e. The first-order valence-electron chi connectivity index (χ1n) is 12.9. The Morgan fingerprint density at radius 1 is 1.05 bits per heavy atom. The zero-order chi connectivity index (χ0) is 27.8. The van der Waals surface area contributed by atoms with Gasteiger partial charge < -0.3 is 29.2 Å². The molecule has 1 aromatic heterocycles. The minimum atomic E-state index is -0.625. The molecule has 0 aliphatic carbocycles. The predicted octanol–water partition coefficient (Wildman–Crippen LogP) is 4.41. The molecule has 2 amide bonds. The highest BCUT2D eigenvalue weighted by molar-refractivity contribution is 7.09. The Balaban J connectivity index is 1.60. The Bertz CT molecular complexity index is 1290. The van der Waals surface area contributed by atoms with Gasteiger partial charge in [0.25, 0.3) is 5.91 Å². The first-order chi connectivity index (χ1) is 18.9. The van der Waals surface area contributed by atoms with Crippen LogP contribution >= 0.6 is 11.3 Å². The molecule has 9 nitrogen and oxygen atoms in total. The topological polar surface area (TPSA) is 99.2 Å². The lowest BCUT2D eigenvalue weighted by atomic mass is 10.0. The Labute approximate surface area is 233 Å². The van der Waals surface area contributed by atoms with Gasteiger partial charge in [-0.05, 0) is 62.1 Å². The van der Waals surface area contributed by atoms with Gasteiger partial charge in [-0.2, -0.15) is 0 Å². The summed E-state index contributed by atoms with van der Waals surface area (Å²) in [5, 5.41) is 2.95. The minimum Gasteiger partial charge on any atom is -0.497 e. The summed E-state index contributed by atoms with van der Waals surface area (Å²) in [7, 11) is 4.64. The van der Waals surface area contributed by atoms with Crippen molar-refractivity contribution in [1.82, 2.24) is 15.2 Å². The normalized spacial score (nSPS) is 15.2. The van der Waals surface area contributed by atoms with E-state index in [2.05, 4.69) is 10.3 Å². The van der Waals surface area contributed by atoms with Crippen molar-refractivity contribution >= 4 is 23.2 Å². The van der Waals surface area contributed by atoms with Crippen molar-refractivity contribution in [3.8, 4) is 23.0 Å². The highest BCUT2D eigenvalue weighted by Gasteiger charge is 2.33. The molecule has 1 aliphatic rings. The number of nitrogens with one attached hydrogen (secondary N) is 1. The van der Waals surface area contributed by atoms with Crippen LogP contribution < -0.4 is 24.3 Å². The van der Waals surface area contributed by atoms with Gasteiger partial charge in [0, 0.05) is 24.4 Å². The number of hydrogen-bond acceptors (Lipinski definition) is 8. The molecule has 208 valence electrons. The van der Waals surface area contributed by atoms with E-state index in [0.29, 0.717) is 48.1 Å². The van der Waals surface area contributed by atoms with Crippen LogP contribution in [-0.4, -0.2) is 62.2 Å². The van der Waals surface area contributed by atoms with E-state index >= 15 is 0 Å². The largest absolute Gasteiger partial charge is 0.497 e. The van der Waals surface area contributed by atoms with E-state index in [-0.39, 0.29) is 18.4 Å². The number of nitrogens with zero attached hydrogens (tertiary/aromatic N) is 2. The maximum Gasteiger partial charge on any atom is 0.258 e. The molecule has 1 fully saturated rings. The fourth-order valence-electron chi connectivity index (χ4n) is 4.63. The minimum absolute atomic E-state index is 0.159. The molecule has 2 heterocycles. The van der Waals surface area contributed by atoms with E-state index in [4.69, 9.17) is 18.9 Å². The molecule has 1 aliphatic heterocycles. The molecule has 39 heavy (non-hydrogen) atoms. The molecule has 0 spiro atoms. The van der Waals surface area contributed by atoms with Crippen LogP contribution in [0.25, 0.3) is 0 Å². The number of benzene rings is 2. The Morgan fingerprint density at radius 2 is 1.85 bits per heavy atom. The molecule has 3 aromatic rings. The number of amides is 2. The fraction of sp³-hybridized carbons (Fsp3) is 0.414. The number of aryl methyl sites for hydroxylation is 1. The zero-order valence-electron chi connectivity index (χ0n) is 22.8. The Kier molecular flexibility index (Phi) is 9.64. The van der Waals surface area contributed by atoms with Crippen LogP contribution in [0.1, 0.15) is 45.8 Å². The number of hydrogen-bond donors (Lipinski definition) is 1. The van der Waals surface area contributed by atoms with Crippen LogP contribution in [0.5, 0.6) is 23.0 Å². The fourth-order valence-corrected chi connectivity index (χ4v) is 5.39. The molecular formula is C29H35N3O6S. The maximum absolute atomic E-state index is 14.0. The van der Waals surface area contributed by atoms with Crippen molar-refractivity contribution < 1.29 is 28.5 Å².